The van der Waals surface area contributed by atoms with E-state index in [0.29, 0.717) is 12.6 Å². The van der Waals surface area contributed by atoms with E-state index in [0.717, 1.165) is 23.0 Å². The van der Waals surface area contributed by atoms with Crippen LogP contribution in [0.3, 0.4) is 0 Å². The van der Waals surface area contributed by atoms with Crippen molar-refractivity contribution in [3.8, 4) is 5.75 Å². The van der Waals surface area contributed by atoms with Crippen LogP contribution >= 0.6 is 11.8 Å². The van der Waals surface area contributed by atoms with Crippen molar-refractivity contribution in [3.63, 3.8) is 0 Å². The molecule has 0 saturated carbocycles. The molecular formula is C17H23NO2S. The standard InChI is InChI=1S/C17H23NO2S/c1-4-19-17-8-7-14(13(2)18-3)10-15(17)11-21-12-16-6-5-9-20-16/h5-10,13,18H,4,11-12H2,1-3H3. The van der Waals surface area contributed by atoms with Crippen LogP contribution in [0.1, 0.15) is 36.8 Å². The van der Waals surface area contributed by atoms with E-state index in [1.165, 1.54) is 11.1 Å². The second-order valence-corrected chi connectivity index (χ2v) is 5.87. The van der Waals surface area contributed by atoms with Gasteiger partial charge in [-0.2, -0.15) is 0 Å². The lowest BCUT2D eigenvalue weighted by atomic mass is 10.1. The van der Waals surface area contributed by atoms with Crippen molar-refractivity contribution in [2.45, 2.75) is 31.4 Å². The fraction of sp³-hybridized carbons (Fsp3) is 0.412. The molecule has 0 spiro atoms. The van der Waals surface area contributed by atoms with Crippen molar-refractivity contribution < 1.29 is 9.15 Å². The first-order valence-electron chi connectivity index (χ1n) is 7.27. The molecule has 0 fully saturated rings. The number of thioether (sulfide) groups is 1. The minimum Gasteiger partial charge on any atom is -0.494 e. The Labute approximate surface area is 131 Å². The fourth-order valence-corrected chi connectivity index (χ4v) is 3.01. The first-order valence-corrected chi connectivity index (χ1v) is 8.43. The lowest BCUT2D eigenvalue weighted by molar-refractivity contribution is 0.337. The van der Waals surface area contributed by atoms with Crippen LogP contribution in [0.5, 0.6) is 5.75 Å². The number of furan rings is 1. The molecule has 1 aromatic heterocycles. The zero-order valence-electron chi connectivity index (χ0n) is 12.9. The van der Waals surface area contributed by atoms with Crippen molar-refractivity contribution >= 4 is 11.8 Å². The summed E-state index contributed by atoms with van der Waals surface area (Å²) in [6.07, 6.45) is 1.72. The third kappa shape index (κ3) is 4.55. The summed E-state index contributed by atoms with van der Waals surface area (Å²) in [5.74, 6) is 3.79. The van der Waals surface area contributed by atoms with Gasteiger partial charge in [0, 0.05) is 17.4 Å². The fourth-order valence-electron chi connectivity index (χ4n) is 2.10. The lowest BCUT2D eigenvalue weighted by Gasteiger charge is -2.15. The van der Waals surface area contributed by atoms with Gasteiger partial charge in [-0.3, -0.25) is 0 Å². The van der Waals surface area contributed by atoms with Gasteiger partial charge >= 0.3 is 0 Å². The van der Waals surface area contributed by atoms with E-state index in [9.17, 15) is 0 Å². The maximum atomic E-state index is 5.74. The molecule has 21 heavy (non-hydrogen) atoms. The van der Waals surface area contributed by atoms with Crippen LogP contribution in [-0.4, -0.2) is 13.7 Å². The molecule has 0 saturated heterocycles. The SMILES string of the molecule is CCOc1ccc(C(C)NC)cc1CSCc1ccco1. The molecule has 1 N–H and O–H groups in total. The number of hydrogen-bond acceptors (Lipinski definition) is 4. The van der Waals surface area contributed by atoms with Crippen LogP contribution in [-0.2, 0) is 11.5 Å². The van der Waals surface area contributed by atoms with Gasteiger partial charge < -0.3 is 14.5 Å². The zero-order valence-corrected chi connectivity index (χ0v) is 13.7. The molecule has 1 unspecified atom stereocenters. The van der Waals surface area contributed by atoms with Gasteiger partial charge in [0.25, 0.3) is 0 Å². The van der Waals surface area contributed by atoms with E-state index in [-0.39, 0.29) is 0 Å². The Morgan fingerprint density at radius 3 is 2.81 bits per heavy atom. The quantitative estimate of drug-likeness (QED) is 0.784. The predicted molar refractivity (Wildman–Crippen MR) is 88.8 cm³/mol. The molecule has 2 rings (SSSR count). The topological polar surface area (TPSA) is 34.4 Å². The van der Waals surface area contributed by atoms with Crippen LogP contribution in [0.15, 0.2) is 41.0 Å². The number of ether oxygens (including phenoxy) is 1. The summed E-state index contributed by atoms with van der Waals surface area (Å²) in [4.78, 5) is 0. The maximum absolute atomic E-state index is 5.74. The van der Waals surface area contributed by atoms with Crippen molar-refractivity contribution in [2.24, 2.45) is 0 Å². The van der Waals surface area contributed by atoms with Gasteiger partial charge in [0.05, 0.1) is 18.6 Å². The first kappa shape index (κ1) is 16.0. The Kier molecular flexibility index (Phi) is 6.21. The molecule has 0 radical (unpaired) electrons. The molecule has 1 atom stereocenters. The summed E-state index contributed by atoms with van der Waals surface area (Å²) in [6, 6.07) is 10.7. The summed E-state index contributed by atoms with van der Waals surface area (Å²) in [6.45, 7) is 4.87. The van der Waals surface area contributed by atoms with E-state index in [1.807, 2.05) is 37.9 Å². The number of nitrogens with one attached hydrogen (secondary N) is 1. The van der Waals surface area contributed by atoms with Crippen LogP contribution < -0.4 is 10.1 Å². The van der Waals surface area contributed by atoms with E-state index in [4.69, 9.17) is 9.15 Å². The second-order valence-electron chi connectivity index (χ2n) is 4.88. The van der Waals surface area contributed by atoms with Crippen LogP contribution in [0, 0.1) is 0 Å². The highest BCUT2D eigenvalue weighted by atomic mass is 32.2. The highest BCUT2D eigenvalue weighted by Crippen LogP contribution is 2.28. The van der Waals surface area contributed by atoms with Crippen molar-refractivity contribution in [2.75, 3.05) is 13.7 Å². The van der Waals surface area contributed by atoms with E-state index in [1.54, 1.807) is 6.26 Å². The average Bonchev–Trinajstić information content (AvgIpc) is 3.01. The zero-order chi connectivity index (χ0) is 15.1. The summed E-state index contributed by atoms with van der Waals surface area (Å²) in [5.41, 5.74) is 2.53. The molecule has 4 heteroatoms. The Morgan fingerprint density at radius 1 is 1.29 bits per heavy atom. The number of hydrogen-bond donors (Lipinski definition) is 1. The second kappa shape index (κ2) is 8.15. The molecule has 114 valence electrons. The molecule has 3 nitrogen and oxygen atoms in total. The van der Waals surface area contributed by atoms with E-state index < -0.39 is 0 Å². The molecule has 0 amide bonds. The van der Waals surface area contributed by atoms with E-state index in [2.05, 4.69) is 30.4 Å². The Bertz CT molecular complexity index is 540. The summed E-state index contributed by atoms with van der Waals surface area (Å²) in [5, 5.41) is 3.28. The van der Waals surface area contributed by atoms with Gasteiger partial charge in [-0.15, -0.1) is 11.8 Å². The highest BCUT2D eigenvalue weighted by molar-refractivity contribution is 7.97. The molecule has 1 heterocycles. The number of benzene rings is 1. The maximum Gasteiger partial charge on any atom is 0.123 e. The van der Waals surface area contributed by atoms with Crippen molar-refractivity contribution in [1.82, 2.24) is 5.32 Å². The Balaban J connectivity index is 2.06. The summed E-state index contributed by atoms with van der Waals surface area (Å²) >= 11 is 1.84. The average molecular weight is 305 g/mol. The van der Waals surface area contributed by atoms with Gasteiger partial charge in [-0.1, -0.05) is 6.07 Å². The highest BCUT2D eigenvalue weighted by Gasteiger charge is 2.09. The van der Waals surface area contributed by atoms with Gasteiger partial charge in [0.2, 0.25) is 0 Å². The molecule has 0 aliphatic carbocycles. The van der Waals surface area contributed by atoms with Gasteiger partial charge in [-0.25, -0.2) is 0 Å². The van der Waals surface area contributed by atoms with Gasteiger partial charge in [0.15, 0.2) is 0 Å². The molecule has 0 aliphatic heterocycles. The van der Waals surface area contributed by atoms with E-state index >= 15 is 0 Å². The van der Waals surface area contributed by atoms with Crippen LogP contribution in [0.4, 0.5) is 0 Å². The largest absolute Gasteiger partial charge is 0.494 e. The molecular weight excluding hydrogens is 282 g/mol. The smallest absolute Gasteiger partial charge is 0.123 e. The van der Waals surface area contributed by atoms with Gasteiger partial charge in [0.1, 0.15) is 11.5 Å². The Morgan fingerprint density at radius 2 is 2.14 bits per heavy atom. The normalized spacial score (nSPS) is 12.3. The van der Waals surface area contributed by atoms with Crippen molar-refractivity contribution in [1.29, 1.82) is 0 Å². The minimum absolute atomic E-state index is 0.342. The summed E-state index contributed by atoms with van der Waals surface area (Å²) < 4.78 is 11.1. The molecule has 2 aromatic rings. The molecule has 0 aliphatic rings. The predicted octanol–water partition coefficient (Wildman–Crippen LogP) is 4.39. The first-order chi connectivity index (χ1) is 10.2. The van der Waals surface area contributed by atoms with Gasteiger partial charge in [-0.05, 0) is 50.7 Å². The monoisotopic (exact) mass is 305 g/mol. The van der Waals surface area contributed by atoms with Crippen LogP contribution in [0.25, 0.3) is 0 Å². The molecule has 1 aromatic carbocycles. The minimum atomic E-state index is 0.342. The van der Waals surface area contributed by atoms with Crippen LogP contribution in [0.2, 0.25) is 0 Å². The Hall–Kier alpha value is -1.39. The number of rotatable bonds is 8. The lowest BCUT2D eigenvalue weighted by Crippen LogP contribution is -2.12. The molecule has 0 bridgehead atoms. The van der Waals surface area contributed by atoms with Crippen molar-refractivity contribution in [3.05, 3.63) is 53.5 Å². The third-order valence-corrected chi connectivity index (χ3v) is 4.40. The third-order valence-electron chi connectivity index (χ3n) is 3.40. The summed E-state index contributed by atoms with van der Waals surface area (Å²) in [7, 11) is 1.98.